The number of aromatic nitrogens is 4. The summed E-state index contributed by atoms with van der Waals surface area (Å²) in [5.74, 6) is 1.71. The number of anilines is 1. The Hall–Kier alpha value is -2.44. The lowest BCUT2D eigenvalue weighted by molar-refractivity contribution is -0.132. The summed E-state index contributed by atoms with van der Waals surface area (Å²) in [6, 6.07) is 3.96. The van der Waals surface area contributed by atoms with Gasteiger partial charge in [-0.1, -0.05) is 0 Å². The number of carbonyl (C=O) groups is 1. The van der Waals surface area contributed by atoms with Gasteiger partial charge in [0.1, 0.15) is 11.6 Å². The van der Waals surface area contributed by atoms with E-state index in [-0.39, 0.29) is 11.9 Å². The van der Waals surface area contributed by atoms with E-state index < -0.39 is 0 Å². The van der Waals surface area contributed by atoms with E-state index in [4.69, 9.17) is 0 Å². The van der Waals surface area contributed by atoms with Crippen LogP contribution in [0.25, 0.3) is 0 Å². The molecule has 0 bridgehead atoms. The van der Waals surface area contributed by atoms with Crippen molar-refractivity contribution in [2.24, 2.45) is 7.05 Å². The number of rotatable bonds is 5. The van der Waals surface area contributed by atoms with Crippen molar-refractivity contribution >= 4 is 11.7 Å². The van der Waals surface area contributed by atoms with Crippen molar-refractivity contribution < 1.29 is 4.79 Å². The van der Waals surface area contributed by atoms with Crippen LogP contribution in [0.2, 0.25) is 0 Å². The van der Waals surface area contributed by atoms with Crippen molar-refractivity contribution in [3.63, 3.8) is 0 Å². The first-order valence-electron chi connectivity index (χ1n) is 8.38. The van der Waals surface area contributed by atoms with Crippen molar-refractivity contribution in [2.45, 2.75) is 38.6 Å². The summed E-state index contributed by atoms with van der Waals surface area (Å²) in [6.45, 7) is 2.68. The third kappa shape index (κ3) is 3.39. The predicted octanol–water partition coefficient (Wildman–Crippen LogP) is 1.86. The van der Waals surface area contributed by atoms with Gasteiger partial charge >= 0.3 is 0 Å². The molecule has 24 heavy (non-hydrogen) atoms. The van der Waals surface area contributed by atoms with Crippen LogP contribution in [0.5, 0.6) is 0 Å². The van der Waals surface area contributed by atoms with Gasteiger partial charge in [0.2, 0.25) is 5.91 Å². The van der Waals surface area contributed by atoms with Crippen molar-refractivity contribution in [3.05, 3.63) is 35.5 Å². The molecule has 0 saturated carbocycles. The van der Waals surface area contributed by atoms with E-state index >= 15 is 0 Å². The molecule has 2 aromatic rings. The molecule has 3 rings (SSSR count). The molecule has 1 N–H and O–H groups in total. The summed E-state index contributed by atoms with van der Waals surface area (Å²) in [6.07, 6.45) is 4.95. The first-order valence-corrected chi connectivity index (χ1v) is 8.38. The molecule has 0 aliphatic carbocycles. The molecule has 0 spiro atoms. The molecule has 2 aromatic heterocycles. The van der Waals surface area contributed by atoms with E-state index in [9.17, 15) is 4.79 Å². The quantitative estimate of drug-likeness (QED) is 0.906. The first kappa shape index (κ1) is 16.4. The van der Waals surface area contributed by atoms with Gasteiger partial charge in [0, 0.05) is 45.0 Å². The molecular formula is C17H24N6O. The number of nitrogens with one attached hydrogen (secondary N) is 1. The lowest BCUT2D eigenvalue weighted by Crippen LogP contribution is -2.31. The van der Waals surface area contributed by atoms with Crippen LogP contribution in [0.1, 0.15) is 42.5 Å². The minimum Gasteiger partial charge on any atom is -0.373 e. The zero-order chi connectivity index (χ0) is 17.1. The minimum absolute atomic E-state index is 0.0536. The number of aryl methyl sites for hydroxylation is 3. The molecule has 7 nitrogen and oxygen atoms in total. The zero-order valence-corrected chi connectivity index (χ0v) is 14.5. The summed E-state index contributed by atoms with van der Waals surface area (Å²) < 4.78 is 1.82. The van der Waals surface area contributed by atoms with Gasteiger partial charge in [-0.3, -0.25) is 9.48 Å². The van der Waals surface area contributed by atoms with Gasteiger partial charge in [-0.05, 0) is 32.3 Å². The maximum atomic E-state index is 12.7. The van der Waals surface area contributed by atoms with Gasteiger partial charge in [-0.2, -0.15) is 5.10 Å². The van der Waals surface area contributed by atoms with E-state index in [0.29, 0.717) is 12.8 Å². The molecular weight excluding hydrogens is 304 g/mol. The fraction of sp³-hybridized carbons (Fsp3) is 0.529. The van der Waals surface area contributed by atoms with Gasteiger partial charge in [-0.15, -0.1) is 0 Å². The topological polar surface area (TPSA) is 75.9 Å². The second-order valence-electron chi connectivity index (χ2n) is 6.17. The Bertz CT molecular complexity index is 726. The number of hydrogen-bond donors (Lipinski definition) is 1. The molecule has 3 heterocycles. The van der Waals surface area contributed by atoms with Crippen LogP contribution in [0, 0.1) is 6.92 Å². The maximum Gasteiger partial charge on any atom is 0.223 e. The second kappa shape index (κ2) is 6.98. The smallest absolute Gasteiger partial charge is 0.223 e. The summed E-state index contributed by atoms with van der Waals surface area (Å²) >= 11 is 0. The van der Waals surface area contributed by atoms with Gasteiger partial charge in [0.25, 0.3) is 0 Å². The number of likely N-dealkylation sites (tertiary alicyclic amines) is 1. The molecule has 1 aliphatic heterocycles. The Labute approximate surface area is 142 Å². The predicted molar refractivity (Wildman–Crippen MR) is 91.5 cm³/mol. The highest BCUT2D eigenvalue weighted by molar-refractivity contribution is 5.77. The highest BCUT2D eigenvalue weighted by Gasteiger charge is 2.31. The van der Waals surface area contributed by atoms with Gasteiger partial charge < -0.3 is 10.2 Å². The molecule has 1 amide bonds. The monoisotopic (exact) mass is 328 g/mol. The Kier molecular flexibility index (Phi) is 4.78. The number of amides is 1. The summed E-state index contributed by atoms with van der Waals surface area (Å²) in [5, 5.41) is 7.21. The summed E-state index contributed by atoms with van der Waals surface area (Å²) in [5.41, 5.74) is 2.01. The molecule has 7 heteroatoms. The molecule has 128 valence electrons. The average Bonchev–Trinajstić information content (AvgIpc) is 3.21. The standard InChI is InChI=1S/C17H24N6O/c1-12-20-14(11-16(18-2)21-12)15-5-4-10-23(15)17(24)7-6-13-8-9-19-22(13)3/h8-9,11,15H,4-7,10H2,1-3H3,(H,18,20,21). The van der Waals surface area contributed by atoms with Gasteiger partial charge in [0.15, 0.2) is 0 Å². The van der Waals surface area contributed by atoms with Crippen molar-refractivity contribution in [3.8, 4) is 0 Å². The Morgan fingerprint density at radius 2 is 2.25 bits per heavy atom. The number of hydrogen-bond acceptors (Lipinski definition) is 5. The van der Waals surface area contributed by atoms with Crippen LogP contribution >= 0.6 is 0 Å². The fourth-order valence-electron chi connectivity index (χ4n) is 3.29. The van der Waals surface area contributed by atoms with E-state index in [1.54, 1.807) is 6.20 Å². The van der Waals surface area contributed by atoms with Crippen molar-refractivity contribution in [1.29, 1.82) is 0 Å². The number of nitrogens with zero attached hydrogens (tertiary/aromatic N) is 5. The van der Waals surface area contributed by atoms with E-state index in [1.165, 1.54) is 0 Å². The summed E-state index contributed by atoms with van der Waals surface area (Å²) in [7, 11) is 3.75. The molecule has 0 aromatic carbocycles. The zero-order valence-electron chi connectivity index (χ0n) is 14.5. The molecule has 1 aliphatic rings. The Morgan fingerprint density at radius 3 is 2.96 bits per heavy atom. The van der Waals surface area contributed by atoms with Crippen molar-refractivity contribution in [2.75, 3.05) is 18.9 Å². The molecule has 1 saturated heterocycles. The van der Waals surface area contributed by atoms with Crippen LogP contribution in [0.4, 0.5) is 5.82 Å². The van der Waals surface area contributed by atoms with E-state index in [1.807, 2.05) is 42.7 Å². The van der Waals surface area contributed by atoms with E-state index in [2.05, 4.69) is 20.4 Å². The third-order valence-electron chi connectivity index (χ3n) is 4.55. The van der Waals surface area contributed by atoms with Gasteiger partial charge in [-0.25, -0.2) is 9.97 Å². The maximum absolute atomic E-state index is 12.7. The van der Waals surface area contributed by atoms with Crippen LogP contribution in [-0.2, 0) is 18.3 Å². The SMILES string of the molecule is CNc1cc(C2CCCN2C(=O)CCc2ccnn2C)nc(C)n1. The normalized spacial score (nSPS) is 17.3. The minimum atomic E-state index is 0.0536. The largest absolute Gasteiger partial charge is 0.373 e. The van der Waals surface area contributed by atoms with Crippen LogP contribution in [0.15, 0.2) is 18.3 Å². The van der Waals surface area contributed by atoms with Crippen molar-refractivity contribution in [1.82, 2.24) is 24.6 Å². The lowest BCUT2D eigenvalue weighted by atomic mass is 10.1. The first-order chi connectivity index (χ1) is 11.6. The van der Waals surface area contributed by atoms with Gasteiger partial charge in [0.05, 0.1) is 11.7 Å². The van der Waals surface area contributed by atoms with E-state index in [0.717, 1.165) is 42.4 Å². The van der Waals surface area contributed by atoms with Crippen LogP contribution in [0.3, 0.4) is 0 Å². The lowest BCUT2D eigenvalue weighted by Gasteiger charge is -2.25. The highest BCUT2D eigenvalue weighted by atomic mass is 16.2. The second-order valence-corrected chi connectivity index (χ2v) is 6.17. The molecule has 0 radical (unpaired) electrons. The molecule has 1 fully saturated rings. The molecule has 1 atom stereocenters. The Balaban J connectivity index is 1.72. The Morgan fingerprint density at radius 1 is 1.42 bits per heavy atom. The average molecular weight is 328 g/mol. The van der Waals surface area contributed by atoms with Crippen LogP contribution in [-0.4, -0.2) is 44.1 Å². The third-order valence-corrected chi connectivity index (χ3v) is 4.55. The van der Waals surface area contributed by atoms with Crippen LogP contribution < -0.4 is 5.32 Å². The number of carbonyl (C=O) groups excluding carboxylic acids is 1. The highest BCUT2D eigenvalue weighted by Crippen LogP contribution is 2.32. The fourth-order valence-corrected chi connectivity index (χ4v) is 3.29. The summed E-state index contributed by atoms with van der Waals surface area (Å²) in [4.78, 5) is 23.6. The molecule has 1 unspecified atom stereocenters.